The van der Waals surface area contributed by atoms with Gasteiger partial charge < -0.3 is 20.6 Å². The van der Waals surface area contributed by atoms with Crippen molar-refractivity contribution in [3.63, 3.8) is 0 Å². The summed E-state index contributed by atoms with van der Waals surface area (Å²) in [6.45, 7) is 0.503. The first kappa shape index (κ1) is 13.1. The van der Waals surface area contributed by atoms with Crippen LogP contribution < -0.4 is 5.32 Å². The van der Waals surface area contributed by atoms with Crippen LogP contribution in [0.15, 0.2) is 54.6 Å². The van der Waals surface area contributed by atoms with Crippen LogP contribution in [-0.2, 0) is 6.54 Å². The van der Waals surface area contributed by atoms with Gasteiger partial charge >= 0.3 is 0 Å². The Morgan fingerprint density at radius 3 is 2.29 bits per heavy atom. The first-order valence-electron chi connectivity index (χ1n) is 6.60. The molecule has 0 spiro atoms. The summed E-state index contributed by atoms with van der Waals surface area (Å²) >= 11 is 0. The Hall–Kier alpha value is -2.88. The molecule has 0 heterocycles. The number of rotatable bonds is 3. The monoisotopic (exact) mass is 281 g/mol. The van der Waals surface area contributed by atoms with Gasteiger partial charge in [-0.2, -0.15) is 0 Å². The largest absolute Gasteiger partial charge is 0.507 e. The van der Waals surface area contributed by atoms with Crippen LogP contribution in [0.4, 0.5) is 5.69 Å². The summed E-state index contributed by atoms with van der Waals surface area (Å²) < 4.78 is 0. The Bertz CT molecular complexity index is 799. The fraction of sp³-hybridized carbons (Fsp3) is 0.0588. The smallest absolute Gasteiger partial charge is 0.157 e. The second-order valence-electron chi connectivity index (χ2n) is 4.85. The van der Waals surface area contributed by atoms with Crippen LogP contribution in [0.2, 0.25) is 0 Å². The summed E-state index contributed by atoms with van der Waals surface area (Å²) in [5.74, 6) is -0.0166. The van der Waals surface area contributed by atoms with Gasteiger partial charge in [0, 0.05) is 23.0 Å². The average Bonchev–Trinajstić information content (AvgIpc) is 2.49. The lowest BCUT2D eigenvalue weighted by Crippen LogP contribution is -1.99. The van der Waals surface area contributed by atoms with Gasteiger partial charge in [-0.05, 0) is 29.8 Å². The van der Waals surface area contributed by atoms with Gasteiger partial charge in [-0.1, -0.05) is 30.3 Å². The Kier molecular flexibility index (Phi) is 3.28. The maximum Gasteiger partial charge on any atom is 0.157 e. The van der Waals surface area contributed by atoms with Crippen LogP contribution in [0, 0.1) is 0 Å². The van der Waals surface area contributed by atoms with Gasteiger partial charge in [-0.15, -0.1) is 0 Å². The van der Waals surface area contributed by atoms with Gasteiger partial charge in [0.25, 0.3) is 0 Å². The van der Waals surface area contributed by atoms with E-state index in [1.54, 1.807) is 18.2 Å². The summed E-state index contributed by atoms with van der Waals surface area (Å²) in [7, 11) is 0. The van der Waals surface area contributed by atoms with Gasteiger partial charge in [0.15, 0.2) is 11.5 Å². The van der Waals surface area contributed by atoms with E-state index in [-0.39, 0.29) is 17.2 Å². The molecule has 0 fully saturated rings. The summed E-state index contributed by atoms with van der Waals surface area (Å²) in [4.78, 5) is 0. The second-order valence-corrected chi connectivity index (χ2v) is 4.85. The minimum atomic E-state index is -0.134. The lowest BCUT2D eigenvalue weighted by Gasteiger charge is -2.11. The molecule has 0 saturated heterocycles. The topological polar surface area (TPSA) is 72.7 Å². The SMILES string of the molecule is Oc1ccc(CNc2cccc3c(O)cccc23)cc1O. The van der Waals surface area contributed by atoms with E-state index < -0.39 is 0 Å². The number of aromatic hydroxyl groups is 3. The van der Waals surface area contributed by atoms with E-state index in [2.05, 4.69) is 5.32 Å². The molecule has 0 aliphatic carbocycles. The maximum absolute atomic E-state index is 9.86. The summed E-state index contributed by atoms with van der Waals surface area (Å²) in [6, 6.07) is 15.8. The van der Waals surface area contributed by atoms with Gasteiger partial charge in [0.1, 0.15) is 5.75 Å². The van der Waals surface area contributed by atoms with Crippen LogP contribution in [0.25, 0.3) is 10.8 Å². The molecule has 0 radical (unpaired) electrons. The Labute approximate surface area is 121 Å². The van der Waals surface area contributed by atoms with Crippen molar-refractivity contribution in [1.82, 2.24) is 0 Å². The number of hydrogen-bond donors (Lipinski definition) is 4. The molecule has 4 N–H and O–H groups in total. The highest BCUT2D eigenvalue weighted by atomic mass is 16.3. The Morgan fingerprint density at radius 1 is 0.714 bits per heavy atom. The summed E-state index contributed by atoms with van der Waals surface area (Å²) in [6.07, 6.45) is 0. The number of phenolic OH excluding ortho intramolecular Hbond substituents is 3. The van der Waals surface area contributed by atoms with Crippen molar-refractivity contribution in [2.24, 2.45) is 0 Å². The third-order valence-electron chi connectivity index (χ3n) is 3.42. The molecule has 0 aliphatic rings. The van der Waals surface area contributed by atoms with Crippen LogP contribution in [0.5, 0.6) is 17.2 Å². The van der Waals surface area contributed by atoms with E-state index in [0.717, 1.165) is 22.0 Å². The average molecular weight is 281 g/mol. The summed E-state index contributed by atoms with van der Waals surface area (Å²) in [5.41, 5.74) is 1.75. The number of phenols is 3. The van der Waals surface area contributed by atoms with E-state index in [1.807, 2.05) is 24.3 Å². The van der Waals surface area contributed by atoms with Crippen molar-refractivity contribution in [3.8, 4) is 17.2 Å². The number of anilines is 1. The molecule has 0 atom stereocenters. The molecule has 3 aromatic carbocycles. The van der Waals surface area contributed by atoms with Crippen molar-refractivity contribution < 1.29 is 15.3 Å². The van der Waals surface area contributed by atoms with Crippen molar-refractivity contribution in [3.05, 3.63) is 60.2 Å². The third-order valence-corrected chi connectivity index (χ3v) is 3.42. The van der Waals surface area contributed by atoms with E-state index in [4.69, 9.17) is 0 Å². The predicted octanol–water partition coefficient (Wildman–Crippen LogP) is 3.57. The van der Waals surface area contributed by atoms with Crippen LogP contribution >= 0.6 is 0 Å². The second kappa shape index (κ2) is 5.25. The summed E-state index contributed by atoms with van der Waals surface area (Å²) in [5, 5.41) is 33.6. The highest BCUT2D eigenvalue weighted by Crippen LogP contribution is 2.30. The molecular weight excluding hydrogens is 266 g/mol. The molecule has 4 heteroatoms. The zero-order chi connectivity index (χ0) is 14.8. The molecule has 3 aromatic rings. The minimum Gasteiger partial charge on any atom is -0.507 e. The van der Waals surface area contributed by atoms with E-state index >= 15 is 0 Å². The molecule has 0 unspecified atom stereocenters. The molecular formula is C17H15NO3. The van der Waals surface area contributed by atoms with Crippen molar-refractivity contribution in [1.29, 1.82) is 0 Å². The van der Waals surface area contributed by atoms with E-state index in [0.29, 0.717) is 6.54 Å². The number of benzene rings is 3. The van der Waals surface area contributed by atoms with Crippen LogP contribution in [0.1, 0.15) is 5.56 Å². The number of hydrogen-bond acceptors (Lipinski definition) is 4. The maximum atomic E-state index is 9.86. The highest BCUT2D eigenvalue weighted by Gasteiger charge is 2.05. The van der Waals surface area contributed by atoms with Gasteiger partial charge in [-0.25, -0.2) is 0 Å². The van der Waals surface area contributed by atoms with Crippen LogP contribution in [0.3, 0.4) is 0 Å². The molecule has 0 amide bonds. The van der Waals surface area contributed by atoms with E-state index in [1.165, 1.54) is 12.1 Å². The van der Waals surface area contributed by atoms with Crippen LogP contribution in [-0.4, -0.2) is 15.3 Å². The normalized spacial score (nSPS) is 10.7. The van der Waals surface area contributed by atoms with Gasteiger partial charge in [0.05, 0.1) is 0 Å². The zero-order valence-corrected chi connectivity index (χ0v) is 11.2. The van der Waals surface area contributed by atoms with E-state index in [9.17, 15) is 15.3 Å². The number of fused-ring (bicyclic) bond motifs is 1. The minimum absolute atomic E-state index is 0.131. The van der Waals surface area contributed by atoms with Gasteiger partial charge in [0.2, 0.25) is 0 Å². The van der Waals surface area contributed by atoms with Crippen molar-refractivity contribution in [2.45, 2.75) is 6.54 Å². The molecule has 3 rings (SSSR count). The first-order valence-corrected chi connectivity index (χ1v) is 6.60. The standard InChI is InChI=1S/C17H15NO3/c19-15-6-2-3-12-13(15)4-1-5-14(12)18-10-11-7-8-16(20)17(21)9-11/h1-9,18-21H,10H2. The molecule has 0 aliphatic heterocycles. The number of nitrogens with one attached hydrogen (secondary N) is 1. The Balaban J connectivity index is 1.88. The predicted molar refractivity (Wildman–Crippen MR) is 82.7 cm³/mol. The fourth-order valence-electron chi connectivity index (χ4n) is 2.32. The zero-order valence-electron chi connectivity index (χ0n) is 11.2. The molecule has 106 valence electrons. The molecule has 0 aromatic heterocycles. The highest BCUT2D eigenvalue weighted by molar-refractivity contribution is 5.97. The fourth-order valence-corrected chi connectivity index (χ4v) is 2.32. The molecule has 4 nitrogen and oxygen atoms in total. The van der Waals surface area contributed by atoms with Gasteiger partial charge in [-0.3, -0.25) is 0 Å². The van der Waals surface area contributed by atoms with Crippen molar-refractivity contribution in [2.75, 3.05) is 5.32 Å². The lowest BCUT2D eigenvalue weighted by molar-refractivity contribution is 0.403. The first-order chi connectivity index (χ1) is 10.1. The molecule has 0 saturated carbocycles. The molecule has 21 heavy (non-hydrogen) atoms. The lowest BCUT2D eigenvalue weighted by atomic mass is 10.1. The Morgan fingerprint density at radius 2 is 1.48 bits per heavy atom. The quantitative estimate of drug-likeness (QED) is 0.554. The molecule has 0 bridgehead atoms. The van der Waals surface area contributed by atoms with Crippen molar-refractivity contribution >= 4 is 16.5 Å². The third kappa shape index (κ3) is 2.56.